The van der Waals surface area contributed by atoms with Crippen LogP contribution in [0.25, 0.3) is 0 Å². The van der Waals surface area contributed by atoms with Crippen LogP contribution in [0.15, 0.2) is 37.5 Å². The van der Waals surface area contributed by atoms with E-state index in [-0.39, 0.29) is 0 Å². The molecule has 0 amide bonds. The smallest absolute Gasteiger partial charge is 0.0107 e. The lowest BCUT2D eigenvalue weighted by Gasteiger charge is -2.25. The van der Waals surface area contributed by atoms with E-state index < -0.39 is 0 Å². The fourth-order valence-electron chi connectivity index (χ4n) is 3.60. The largest absolute Gasteiger partial charge is 0.103 e. The van der Waals surface area contributed by atoms with Crippen LogP contribution in [0.1, 0.15) is 44.9 Å². The molecule has 3 atom stereocenters. The lowest BCUT2D eigenvalue weighted by atomic mass is 9.79. The lowest BCUT2D eigenvalue weighted by molar-refractivity contribution is 0.335. The maximum absolute atomic E-state index is 3.85. The van der Waals surface area contributed by atoms with E-state index in [1.165, 1.54) is 44.9 Å². The molecule has 0 saturated heterocycles. The molecule has 1 fully saturated rings. The third-order valence-electron chi connectivity index (χ3n) is 4.44. The van der Waals surface area contributed by atoms with E-state index in [1.807, 2.05) is 0 Å². The van der Waals surface area contributed by atoms with Gasteiger partial charge in [0.05, 0.1) is 0 Å². The Kier molecular flexibility index (Phi) is 3.68. The molecule has 88 valence electrons. The number of allylic oxidation sites excluding steroid dienone is 4. The summed E-state index contributed by atoms with van der Waals surface area (Å²) < 4.78 is 0. The first-order valence-electron chi connectivity index (χ1n) is 6.71. The van der Waals surface area contributed by atoms with Crippen molar-refractivity contribution < 1.29 is 0 Å². The lowest BCUT2D eigenvalue weighted by Crippen LogP contribution is -2.14. The zero-order valence-corrected chi connectivity index (χ0v) is 10.3. The van der Waals surface area contributed by atoms with Gasteiger partial charge in [0.25, 0.3) is 0 Å². The zero-order chi connectivity index (χ0) is 11.4. The molecule has 2 aliphatic carbocycles. The second-order valence-electron chi connectivity index (χ2n) is 5.60. The molecule has 0 radical (unpaired) electrons. The summed E-state index contributed by atoms with van der Waals surface area (Å²) in [5.41, 5.74) is 0.553. The van der Waals surface area contributed by atoms with Crippen LogP contribution in [0.4, 0.5) is 0 Å². The molecule has 0 aromatic rings. The monoisotopic (exact) mass is 216 g/mol. The van der Waals surface area contributed by atoms with Gasteiger partial charge in [-0.15, -0.1) is 13.2 Å². The maximum Gasteiger partial charge on any atom is -0.0107 e. The quantitative estimate of drug-likeness (QED) is 0.420. The number of unbranched alkanes of at least 4 members (excludes halogenated alkanes) is 1. The molecule has 0 aromatic carbocycles. The molecule has 0 heterocycles. The highest BCUT2D eigenvalue weighted by atomic mass is 14.5. The predicted octanol–water partition coefficient (Wildman–Crippen LogP) is 4.89. The Morgan fingerprint density at radius 2 is 2.00 bits per heavy atom. The highest BCUT2D eigenvalue weighted by molar-refractivity contribution is 5.18. The van der Waals surface area contributed by atoms with Gasteiger partial charge >= 0.3 is 0 Å². The molecule has 0 spiro atoms. The van der Waals surface area contributed by atoms with Gasteiger partial charge in [-0.2, -0.15) is 0 Å². The topological polar surface area (TPSA) is 0 Å². The molecular formula is C16H24. The van der Waals surface area contributed by atoms with Crippen LogP contribution in [0.5, 0.6) is 0 Å². The molecular weight excluding hydrogens is 192 g/mol. The number of hydrogen-bond acceptors (Lipinski definition) is 0. The molecule has 0 aliphatic heterocycles. The summed E-state index contributed by atoms with van der Waals surface area (Å²) in [7, 11) is 0. The van der Waals surface area contributed by atoms with Crippen molar-refractivity contribution in [2.45, 2.75) is 44.9 Å². The van der Waals surface area contributed by atoms with Crippen LogP contribution < -0.4 is 0 Å². The first-order valence-corrected chi connectivity index (χ1v) is 6.71. The van der Waals surface area contributed by atoms with Crippen LogP contribution in [0.2, 0.25) is 0 Å². The van der Waals surface area contributed by atoms with E-state index in [1.54, 1.807) is 0 Å². The van der Waals surface area contributed by atoms with Gasteiger partial charge in [-0.25, -0.2) is 0 Å². The summed E-state index contributed by atoms with van der Waals surface area (Å²) in [4.78, 5) is 0. The molecule has 1 saturated carbocycles. The average molecular weight is 216 g/mol. The van der Waals surface area contributed by atoms with Gasteiger partial charge in [0.1, 0.15) is 0 Å². The van der Waals surface area contributed by atoms with Crippen LogP contribution in [-0.2, 0) is 0 Å². The van der Waals surface area contributed by atoms with Crippen molar-refractivity contribution in [3.63, 3.8) is 0 Å². The van der Waals surface area contributed by atoms with Gasteiger partial charge in [0.15, 0.2) is 0 Å². The molecule has 2 rings (SSSR count). The van der Waals surface area contributed by atoms with Gasteiger partial charge < -0.3 is 0 Å². The number of hydrogen-bond donors (Lipinski definition) is 0. The second kappa shape index (κ2) is 5.03. The Morgan fingerprint density at radius 3 is 2.75 bits per heavy atom. The predicted molar refractivity (Wildman–Crippen MR) is 71.3 cm³/mol. The van der Waals surface area contributed by atoms with Crippen molar-refractivity contribution in [2.75, 3.05) is 0 Å². The molecule has 0 nitrogen and oxygen atoms in total. The summed E-state index contributed by atoms with van der Waals surface area (Å²) in [6, 6.07) is 0. The molecule has 16 heavy (non-hydrogen) atoms. The minimum Gasteiger partial charge on any atom is -0.103 e. The van der Waals surface area contributed by atoms with E-state index in [9.17, 15) is 0 Å². The Bertz CT molecular complexity index is 286. The van der Waals surface area contributed by atoms with E-state index >= 15 is 0 Å². The fraction of sp³-hybridized carbons (Fsp3) is 0.625. The standard InChI is InChI=1S/C16H24/c1-3-5-7-8-14-12-16(10-6-4-2)11-9-15(14)13-16/h3-4,9,11,14-15H,1-2,5-8,10,12-13H2. The number of rotatable bonds is 7. The molecule has 3 unspecified atom stereocenters. The van der Waals surface area contributed by atoms with Crippen molar-refractivity contribution in [1.29, 1.82) is 0 Å². The second-order valence-corrected chi connectivity index (χ2v) is 5.60. The minimum atomic E-state index is 0.553. The highest BCUT2D eigenvalue weighted by Gasteiger charge is 2.45. The highest BCUT2D eigenvalue weighted by Crippen LogP contribution is 2.56. The normalized spacial score (nSPS) is 35.5. The van der Waals surface area contributed by atoms with Crippen molar-refractivity contribution >= 4 is 0 Å². The zero-order valence-electron chi connectivity index (χ0n) is 10.3. The van der Waals surface area contributed by atoms with Crippen LogP contribution in [0, 0.1) is 17.3 Å². The van der Waals surface area contributed by atoms with E-state index in [2.05, 4.69) is 37.5 Å². The van der Waals surface area contributed by atoms with Crippen LogP contribution >= 0.6 is 0 Å². The molecule has 2 aliphatic rings. The van der Waals surface area contributed by atoms with Crippen molar-refractivity contribution in [1.82, 2.24) is 0 Å². The van der Waals surface area contributed by atoms with Crippen molar-refractivity contribution in [2.24, 2.45) is 17.3 Å². The van der Waals surface area contributed by atoms with Crippen molar-refractivity contribution in [3.05, 3.63) is 37.5 Å². The van der Waals surface area contributed by atoms with Gasteiger partial charge in [-0.3, -0.25) is 0 Å². The first kappa shape index (κ1) is 11.7. The van der Waals surface area contributed by atoms with Gasteiger partial charge in [-0.05, 0) is 62.2 Å². The van der Waals surface area contributed by atoms with E-state index in [4.69, 9.17) is 0 Å². The third-order valence-corrected chi connectivity index (χ3v) is 4.44. The Morgan fingerprint density at radius 1 is 1.19 bits per heavy atom. The average Bonchev–Trinajstić information content (AvgIpc) is 2.85. The Hall–Kier alpha value is -0.780. The fourth-order valence-corrected chi connectivity index (χ4v) is 3.60. The summed E-state index contributed by atoms with van der Waals surface area (Å²) in [6.07, 6.45) is 18.4. The molecule has 0 aromatic heterocycles. The molecule has 0 heteroatoms. The van der Waals surface area contributed by atoms with E-state index in [0.717, 1.165) is 11.8 Å². The van der Waals surface area contributed by atoms with Crippen LogP contribution in [0.3, 0.4) is 0 Å². The molecule has 0 N–H and O–H groups in total. The first-order chi connectivity index (χ1) is 7.79. The van der Waals surface area contributed by atoms with Crippen molar-refractivity contribution in [3.8, 4) is 0 Å². The van der Waals surface area contributed by atoms with Gasteiger partial charge in [0.2, 0.25) is 0 Å². The van der Waals surface area contributed by atoms with Gasteiger partial charge in [0, 0.05) is 0 Å². The summed E-state index contributed by atoms with van der Waals surface area (Å²) in [5, 5.41) is 0. The van der Waals surface area contributed by atoms with Crippen LogP contribution in [-0.4, -0.2) is 0 Å². The minimum absolute atomic E-state index is 0.553. The summed E-state index contributed by atoms with van der Waals surface area (Å²) in [5.74, 6) is 1.84. The molecule has 2 bridgehead atoms. The summed E-state index contributed by atoms with van der Waals surface area (Å²) in [6.45, 7) is 7.65. The maximum atomic E-state index is 3.85. The Balaban J connectivity index is 1.85. The Labute approximate surface area is 100 Å². The summed E-state index contributed by atoms with van der Waals surface area (Å²) >= 11 is 0. The SMILES string of the molecule is C=CCCCC1CC2(CCC=C)C=CC1C2. The third kappa shape index (κ3) is 2.31. The number of fused-ring (bicyclic) bond motifs is 2. The van der Waals surface area contributed by atoms with Gasteiger partial charge in [-0.1, -0.05) is 24.3 Å². The van der Waals surface area contributed by atoms with E-state index in [0.29, 0.717) is 5.41 Å².